The van der Waals surface area contributed by atoms with Crippen molar-refractivity contribution in [2.24, 2.45) is 0 Å². The zero-order valence-electron chi connectivity index (χ0n) is 12.3. The SMILES string of the molecule is O=C(O)NC1CCCN(c2ccc(C3(CO)CC3)cc2)C1=O. The molecule has 1 saturated carbocycles. The number of carbonyl (C=O) groups excluding carboxylic acids is 1. The largest absolute Gasteiger partial charge is 0.465 e. The van der Waals surface area contributed by atoms with E-state index in [1.807, 2.05) is 24.3 Å². The van der Waals surface area contributed by atoms with E-state index in [1.165, 1.54) is 0 Å². The highest BCUT2D eigenvalue weighted by atomic mass is 16.4. The lowest BCUT2D eigenvalue weighted by Gasteiger charge is -2.32. The van der Waals surface area contributed by atoms with Crippen molar-refractivity contribution in [1.82, 2.24) is 5.32 Å². The van der Waals surface area contributed by atoms with E-state index in [0.717, 1.165) is 30.5 Å². The second-order valence-corrected chi connectivity index (χ2v) is 6.12. The van der Waals surface area contributed by atoms with E-state index in [9.17, 15) is 14.7 Å². The van der Waals surface area contributed by atoms with Crippen LogP contribution in [0.3, 0.4) is 0 Å². The molecule has 6 nitrogen and oxygen atoms in total. The third kappa shape index (κ3) is 2.66. The van der Waals surface area contributed by atoms with Gasteiger partial charge in [-0.05, 0) is 43.4 Å². The van der Waals surface area contributed by atoms with Gasteiger partial charge in [-0.2, -0.15) is 0 Å². The second kappa shape index (κ2) is 5.61. The van der Waals surface area contributed by atoms with Crippen molar-refractivity contribution < 1.29 is 19.8 Å². The Bertz CT molecular complexity index is 580. The van der Waals surface area contributed by atoms with Gasteiger partial charge in [0.25, 0.3) is 0 Å². The number of amides is 2. The number of nitrogens with zero attached hydrogens (tertiary/aromatic N) is 1. The van der Waals surface area contributed by atoms with Gasteiger partial charge in [-0.1, -0.05) is 12.1 Å². The average molecular weight is 304 g/mol. The van der Waals surface area contributed by atoms with Crippen LogP contribution in [0.2, 0.25) is 0 Å². The van der Waals surface area contributed by atoms with E-state index in [1.54, 1.807) is 4.90 Å². The standard InChI is InChI=1S/C16H20N2O4/c19-10-16(7-8-16)11-3-5-12(6-4-11)18-9-1-2-13(14(18)20)17-15(21)22/h3-6,13,17,19H,1-2,7-10H2,(H,21,22). The summed E-state index contributed by atoms with van der Waals surface area (Å²) in [4.78, 5) is 24.7. The fraction of sp³-hybridized carbons (Fsp3) is 0.500. The zero-order valence-corrected chi connectivity index (χ0v) is 12.3. The molecule has 2 fully saturated rings. The first-order valence-electron chi connectivity index (χ1n) is 7.58. The van der Waals surface area contributed by atoms with E-state index in [4.69, 9.17) is 5.11 Å². The molecule has 1 unspecified atom stereocenters. The molecule has 1 heterocycles. The van der Waals surface area contributed by atoms with Crippen molar-refractivity contribution in [2.45, 2.75) is 37.1 Å². The van der Waals surface area contributed by atoms with Crippen molar-refractivity contribution in [3.8, 4) is 0 Å². The molecule has 1 aromatic rings. The monoisotopic (exact) mass is 304 g/mol. The third-order valence-electron chi connectivity index (χ3n) is 4.68. The predicted molar refractivity (Wildman–Crippen MR) is 81.0 cm³/mol. The van der Waals surface area contributed by atoms with Crippen LogP contribution in [0.1, 0.15) is 31.2 Å². The highest BCUT2D eigenvalue weighted by molar-refractivity contribution is 5.99. The van der Waals surface area contributed by atoms with E-state index in [-0.39, 0.29) is 17.9 Å². The minimum Gasteiger partial charge on any atom is -0.465 e. The molecule has 22 heavy (non-hydrogen) atoms. The van der Waals surface area contributed by atoms with Crippen LogP contribution in [0.25, 0.3) is 0 Å². The van der Waals surface area contributed by atoms with Crippen molar-refractivity contribution in [3.05, 3.63) is 29.8 Å². The first-order chi connectivity index (χ1) is 10.6. The number of piperidine rings is 1. The first-order valence-corrected chi connectivity index (χ1v) is 7.58. The van der Waals surface area contributed by atoms with Gasteiger partial charge in [0.15, 0.2) is 0 Å². The molecule has 3 rings (SSSR count). The molecule has 1 atom stereocenters. The van der Waals surface area contributed by atoms with Crippen LogP contribution in [0, 0.1) is 0 Å². The number of aliphatic hydroxyl groups is 1. The number of carboxylic acid groups (broad SMARTS) is 1. The number of aliphatic hydroxyl groups excluding tert-OH is 1. The van der Waals surface area contributed by atoms with Gasteiger partial charge in [-0.25, -0.2) is 4.79 Å². The summed E-state index contributed by atoms with van der Waals surface area (Å²) in [6, 6.07) is 7.01. The summed E-state index contributed by atoms with van der Waals surface area (Å²) in [6.45, 7) is 0.751. The summed E-state index contributed by atoms with van der Waals surface area (Å²) in [7, 11) is 0. The number of hydrogen-bond acceptors (Lipinski definition) is 3. The van der Waals surface area contributed by atoms with Gasteiger partial charge < -0.3 is 20.4 Å². The second-order valence-electron chi connectivity index (χ2n) is 6.12. The molecule has 3 N–H and O–H groups in total. The Hall–Kier alpha value is -2.08. The Morgan fingerprint density at radius 3 is 2.55 bits per heavy atom. The van der Waals surface area contributed by atoms with Gasteiger partial charge in [-0.15, -0.1) is 0 Å². The number of hydrogen-bond donors (Lipinski definition) is 3. The molecular weight excluding hydrogens is 284 g/mol. The zero-order chi connectivity index (χ0) is 15.7. The highest BCUT2D eigenvalue weighted by Crippen LogP contribution is 2.47. The Kier molecular flexibility index (Phi) is 3.78. The summed E-state index contributed by atoms with van der Waals surface area (Å²) >= 11 is 0. The number of rotatable bonds is 4. The Labute approximate surface area is 128 Å². The quantitative estimate of drug-likeness (QED) is 0.786. The first kappa shape index (κ1) is 14.8. The third-order valence-corrected chi connectivity index (χ3v) is 4.68. The summed E-state index contributed by atoms with van der Waals surface area (Å²) in [5.74, 6) is -0.204. The van der Waals surface area contributed by atoms with Crippen LogP contribution in [0.5, 0.6) is 0 Å². The fourth-order valence-electron chi connectivity index (χ4n) is 3.10. The van der Waals surface area contributed by atoms with Gasteiger partial charge in [0.1, 0.15) is 6.04 Å². The van der Waals surface area contributed by atoms with E-state index in [0.29, 0.717) is 13.0 Å². The predicted octanol–water partition coefficient (Wildman–Crippen LogP) is 1.47. The lowest BCUT2D eigenvalue weighted by atomic mass is 9.96. The molecule has 0 bridgehead atoms. The van der Waals surface area contributed by atoms with Crippen LogP contribution in [0.4, 0.5) is 10.5 Å². The molecule has 2 aliphatic rings. The molecule has 1 aliphatic carbocycles. The molecule has 1 aliphatic heterocycles. The minimum atomic E-state index is -1.17. The normalized spacial score (nSPS) is 23.2. The maximum Gasteiger partial charge on any atom is 0.405 e. The van der Waals surface area contributed by atoms with Crippen LogP contribution in [-0.2, 0) is 10.2 Å². The molecule has 2 amide bonds. The molecule has 1 saturated heterocycles. The maximum atomic E-state index is 12.4. The van der Waals surface area contributed by atoms with Gasteiger partial charge >= 0.3 is 6.09 Å². The van der Waals surface area contributed by atoms with Gasteiger partial charge in [0, 0.05) is 17.6 Å². The lowest BCUT2D eigenvalue weighted by Crippen LogP contribution is -2.52. The van der Waals surface area contributed by atoms with Crippen molar-refractivity contribution >= 4 is 17.7 Å². The van der Waals surface area contributed by atoms with Crippen molar-refractivity contribution in [1.29, 1.82) is 0 Å². The summed E-state index contributed by atoms with van der Waals surface area (Å²) in [5.41, 5.74) is 1.79. The molecule has 0 aromatic heterocycles. The maximum absolute atomic E-state index is 12.4. The number of anilines is 1. The number of nitrogens with one attached hydrogen (secondary N) is 1. The van der Waals surface area contributed by atoms with Crippen LogP contribution in [-0.4, -0.2) is 41.4 Å². The topological polar surface area (TPSA) is 89.9 Å². The summed E-state index contributed by atoms with van der Waals surface area (Å²) < 4.78 is 0. The lowest BCUT2D eigenvalue weighted by molar-refractivity contribution is -0.121. The van der Waals surface area contributed by atoms with Crippen LogP contribution in [0.15, 0.2) is 24.3 Å². The van der Waals surface area contributed by atoms with E-state index < -0.39 is 12.1 Å². The Morgan fingerprint density at radius 2 is 2.00 bits per heavy atom. The fourth-order valence-corrected chi connectivity index (χ4v) is 3.10. The number of benzene rings is 1. The smallest absolute Gasteiger partial charge is 0.405 e. The highest BCUT2D eigenvalue weighted by Gasteiger charge is 2.43. The molecule has 118 valence electrons. The molecule has 1 aromatic carbocycles. The average Bonchev–Trinajstić information content (AvgIpc) is 3.30. The van der Waals surface area contributed by atoms with E-state index in [2.05, 4.69) is 5.32 Å². The minimum absolute atomic E-state index is 0.0855. The van der Waals surface area contributed by atoms with Gasteiger partial charge in [0.05, 0.1) is 6.61 Å². The molecule has 0 spiro atoms. The van der Waals surface area contributed by atoms with Crippen molar-refractivity contribution in [3.63, 3.8) is 0 Å². The van der Waals surface area contributed by atoms with Crippen molar-refractivity contribution in [2.75, 3.05) is 18.1 Å². The van der Waals surface area contributed by atoms with Gasteiger partial charge in [-0.3, -0.25) is 4.79 Å². The van der Waals surface area contributed by atoms with Crippen LogP contribution >= 0.6 is 0 Å². The Morgan fingerprint density at radius 1 is 1.32 bits per heavy atom. The summed E-state index contributed by atoms with van der Waals surface area (Å²) in [6.07, 6.45) is 2.12. The summed E-state index contributed by atoms with van der Waals surface area (Å²) in [5, 5.41) is 20.5. The molecule has 6 heteroatoms. The molecular formula is C16H20N2O4. The number of carbonyl (C=O) groups is 2. The van der Waals surface area contributed by atoms with E-state index >= 15 is 0 Å². The molecule has 0 radical (unpaired) electrons. The Balaban J connectivity index is 1.75. The van der Waals surface area contributed by atoms with Crippen LogP contribution < -0.4 is 10.2 Å². The van der Waals surface area contributed by atoms with Gasteiger partial charge in [0.2, 0.25) is 5.91 Å².